The summed E-state index contributed by atoms with van der Waals surface area (Å²) in [6, 6.07) is 5.49. The Morgan fingerprint density at radius 2 is 2.29 bits per heavy atom. The molecular weight excluding hydrogens is 310 g/mol. The summed E-state index contributed by atoms with van der Waals surface area (Å²) in [4.78, 5) is 12.6. The van der Waals surface area contributed by atoms with E-state index in [2.05, 4.69) is 30.5 Å². The summed E-state index contributed by atoms with van der Waals surface area (Å²) in [5.41, 5.74) is 6.35. The number of nitrogens with two attached hydrogens (primary N) is 1. The van der Waals surface area contributed by atoms with E-state index in [1.54, 1.807) is 12.4 Å². The highest BCUT2D eigenvalue weighted by atomic mass is 16.5. The van der Waals surface area contributed by atoms with Gasteiger partial charge in [0, 0.05) is 18.7 Å². The smallest absolute Gasteiger partial charge is 0.224 e. The van der Waals surface area contributed by atoms with Crippen molar-refractivity contribution in [2.75, 3.05) is 24.3 Å². The number of nitrogen functional groups attached to an aromatic ring is 1. The van der Waals surface area contributed by atoms with Gasteiger partial charge in [0.2, 0.25) is 11.8 Å². The number of rotatable bonds is 4. The van der Waals surface area contributed by atoms with Gasteiger partial charge in [0.25, 0.3) is 0 Å². The van der Waals surface area contributed by atoms with Crippen molar-refractivity contribution in [2.24, 2.45) is 0 Å². The number of ether oxygens (including phenoxy) is 2. The van der Waals surface area contributed by atoms with Crippen LogP contribution in [0.3, 0.4) is 0 Å². The first-order valence-corrected chi connectivity index (χ1v) is 7.68. The number of aromatic amines is 1. The minimum Gasteiger partial charge on any atom is -0.472 e. The number of aromatic nitrogens is 5. The van der Waals surface area contributed by atoms with Crippen LogP contribution in [-0.4, -0.2) is 50.5 Å². The van der Waals surface area contributed by atoms with Crippen LogP contribution < -0.4 is 15.8 Å². The van der Waals surface area contributed by atoms with Gasteiger partial charge in [-0.25, -0.2) is 4.98 Å². The van der Waals surface area contributed by atoms with Crippen molar-refractivity contribution in [3.8, 4) is 5.88 Å². The van der Waals surface area contributed by atoms with Crippen molar-refractivity contribution in [1.29, 1.82) is 0 Å². The standard InChI is InChI=1S/C15H17N7O2/c16-15-20-13(9-7-18-22-14(9)21-15)19-10-8-23-6-4-11(10)24-12-3-1-2-5-17-12/h1-3,5,7,10-11H,4,6,8H2,(H4,16,18,19,20,21,22)/t10-,11-/m1/s1. The maximum atomic E-state index is 6.01. The first-order chi connectivity index (χ1) is 11.8. The zero-order chi connectivity index (χ0) is 16.4. The van der Waals surface area contributed by atoms with E-state index in [0.29, 0.717) is 30.6 Å². The quantitative estimate of drug-likeness (QED) is 0.648. The molecule has 1 saturated heterocycles. The van der Waals surface area contributed by atoms with Crippen LogP contribution in [0.25, 0.3) is 11.0 Å². The van der Waals surface area contributed by atoms with Crippen LogP contribution in [0.5, 0.6) is 5.88 Å². The fourth-order valence-corrected chi connectivity index (χ4v) is 2.70. The average Bonchev–Trinajstić information content (AvgIpc) is 3.06. The molecule has 1 aliphatic rings. The van der Waals surface area contributed by atoms with E-state index in [0.717, 1.165) is 11.8 Å². The largest absolute Gasteiger partial charge is 0.472 e. The molecule has 9 heteroatoms. The second-order valence-electron chi connectivity index (χ2n) is 5.50. The summed E-state index contributed by atoms with van der Waals surface area (Å²) in [5.74, 6) is 1.37. The number of nitrogens with zero attached hydrogens (tertiary/aromatic N) is 4. The number of hydrogen-bond donors (Lipinski definition) is 3. The lowest BCUT2D eigenvalue weighted by Crippen LogP contribution is -2.46. The van der Waals surface area contributed by atoms with Crippen LogP contribution in [0.4, 0.5) is 11.8 Å². The molecule has 0 saturated carbocycles. The maximum Gasteiger partial charge on any atom is 0.224 e. The van der Waals surface area contributed by atoms with Gasteiger partial charge in [-0.1, -0.05) is 6.07 Å². The predicted molar refractivity (Wildman–Crippen MR) is 87.6 cm³/mol. The second kappa shape index (κ2) is 6.28. The second-order valence-corrected chi connectivity index (χ2v) is 5.50. The van der Waals surface area contributed by atoms with Crippen LogP contribution in [0.2, 0.25) is 0 Å². The molecule has 0 amide bonds. The minimum atomic E-state index is -0.0909. The van der Waals surface area contributed by atoms with Crippen molar-refractivity contribution in [3.05, 3.63) is 30.6 Å². The molecule has 0 spiro atoms. The topological polar surface area (TPSA) is 124 Å². The number of nitrogens with one attached hydrogen (secondary N) is 2. The van der Waals surface area contributed by atoms with Gasteiger partial charge in [-0.15, -0.1) is 0 Å². The van der Waals surface area contributed by atoms with Crippen molar-refractivity contribution >= 4 is 22.8 Å². The molecule has 1 aliphatic heterocycles. The van der Waals surface area contributed by atoms with E-state index in [1.165, 1.54) is 0 Å². The van der Waals surface area contributed by atoms with Gasteiger partial charge < -0.3 is 20.5 Å². The predicted octanol–water partition coefficient (Wildman–Crippen LogP) is 0.978. The van der Waals surface area contributed by atoms with E-state index < -0.39 is 0 Å². The van der Waals surface area contributed by atoms with Gasteiger partial charge in [-0.05, 0) is 6.07 Å². The fraction of sp³-hybridized carbons (Fsp3) is 0.333. The van der Waals surface area contributed by atoms with Gasteiger partial charge >= 0.3 is 0 Å². The maximum absolute atomic E-state index is 6.01. The molecule has 4 N–H and O–H groups in total. The summed E-state index contributed by atoms with van der Waals surface area (Å²) >= 11 is 0. The van der Waals surface area contributed by atoms with Crippen molar-refractivity contribution in [2.45, 2.75) is 18.6 Å². The third-order valence-corrected chi connectivity index (χ3v) is 3.85. The normalized spacial score (nSPS) is 20.8. The van der Waals surface area contributed by atoms with E-state index in [1.807, 2.05) is 18.2 Å². The number of hydrogen-bond acceptors (Lipinski definition) is 8. The lowest BCUT2D eigenvalue weighted by atomic mass is 10.1. The molecule has 0 bridgehead atoms. The molecule has 0 unspecified atom stereocenters. The summed E-state index contributed by atoms with van der Waals surface area (Å²) in [6.07, 6.45) is 4.03. The Bertz CT molecular complexity index is 823. The molecule has 0 radical (unpaired) electrons. The third-order valence-electron chi connectivity index (χ3n) is 3.85. The Morgan fingerprint density at radius 1 is 1.33 bits per heavy atom. The van der Waals surface area contributed by atoms with Crippen molar-refractivity contribution in [3.63, 3.8) is 0 Å². The first-order valence-electron chi connectivity index (χ1n) is 7.68. The van der Waals surface area contributed by atoms with Crippen LogP contribution >= 0.6 is 0 Å². The van der Waals surface area contributed by atoms with Crippen molar-refractivity contribution < 1.29 is 9.47 Å². The van der Waals surface area contributed by atoms with Gasteiger partial charge in [-0.2, -0.15) is 15.1 Å². The monoisotopic (exact) mass is 327 g/mol. The third kappa shape index (κ3) is 2.93. The summed E-state index contributed by atoms with van der Waals surface area (Å²) in [5, 5.41) is 10.9. The summed E-state index contributed by atoms with van der Waals surface area (Å²) in [7, 11) is 0. The molecule has 124 valence electrons. The molecule has 3 aromatic heterocycles. The minimum absolute atomic E-state index is 0.0897. The highest BCUT2D eigenvalue weighted by Gasteiger charge is 2.29. The van der Waals surface area contributed by atoms with Gasteiger partial charge in [0.1, 0.15) is 11.9 Å². The highest BCUT2D eigenvalue weighted by molar-refractivity contribution is 5.86. The average molecular weight is 327 g/mol. The van der Waals surface area contributed by atoms with E-state index in [4.69, 9.17) is 15.2 Å². The Labute approximate surface area is 137 Å². The van der Waals surface area contributed by atoms with E-state index in [-0.39, 0.29) is 18.1 Å². The summed E-state index contributed by atoms with van der Waals surface area (Å²) < 4.78 is 11.6. The molecule has 4 heterocycles. The molecule has 0 aliphatic carbocycles. The first kappa shape index (κ1) is 14.6. The van der Waals surface area contributed by atoms with Crippen LogP contribution in [0.1, 0.15) is 6.42 Å². The number of pyridine rings is 1. The Morgan fingerprint density at radius 3 is 3.17 bits per heavy atom. The molecule has 2 atom stereocenters. The van der Waals surface area contributed by atoms with Gasteiger partial charge in [0.05, 0.1) is 30.8 Å². The summed E-state index contributed by atoms with van der Waals surface area (Å²) in [6.45, 7) is 1.14. The van der Waals surface area contributed by atoms with Crippen LogP contribution in [0.15, 0.2) is 30.6 Å². The molecular formula is C15H17N7O2. The lowest BCUT2D eigenvalue weighted by molar-refractivity contribution is 0.0129. The Balaban J connectivity index is 1.57. The van der Waals surface area contributed by atoms with Crippen molar-refractivity contribution in [1.82, 2.24) is 25.1 Å². The molecule has 3 aromatic rings. The molecule has 24 heavy (non-hydrogen) atoms. The lowest BCUT2D eigenvalue weighted by Gasteiger charge is -2.32. The highest BCUT2D eigenvalue weighted by Crippen LogP contribution is 2.23. The van der Waals surface area contributed by atoms with Crippen LogP contribution in [0, 0.1) is 0 Å². The number of H-pyrrole nitrogens is 1. The SMILES string of the molecule is Nc1nc(N[C@@H]2COCC[C@H]2Oc2ccccn2)c2cn[nH]c2n1. The molecule has 9 nitrogen and oxygen atoms in total. The fourth-order valence-electron chi connectivity index (χ4n) is 2.70. The number of anilines is 2. The van der Waals surface area contributed by atoms with Gasteiger partial charge in [-0.3, -0.25) is 5.10 Å². The number of fused-ring (bicyclic) bond motifs is 1. The van der Waals surface area contributed by atoms with E-state index in [9.17, 15) is 0 Å². The molecule has 1 fully saturated rings. The zero-order valence-electron chi connectivity index (χ0n) is 12.8. The zero-order valence-corrected chi connectivity index (χ0v) is 12.8. The van der Waals surface area contributed by atoms with Gasteiger partial charge in [0.15, 0.2) is 5.65 Å². The Hall–Kier alpha value is -2.94. The molecule has 4 rings (SSSR count). The van der Waals surface area contributed by atoms with E-state index >= 15 is 0 Å². The van der Waals surface area contributed by atoms with Crippen LogP contribution in [-0.2, 0) is 4.74 Å². The Kier molecular flexibility index (Phi) is 3.83. The molecule has 0 aromatic carbocycles.